The van der Waals surface area contributed by atoms with Gasteiger partial charge in [-0.3, -0.25) is 9.59 Å². The summed E-state index contributed by atoms with van der Waals surface area (Å²) >= 11 is 0. The molecule has 0 spiro atoms. The van der Waals surface area contributed by atoms with Gasteiger partial charge in [0, 0.05) is 18.8 Å². The predicted molar refractivity (Wildman–Crippen MR) is 60.9 cm³/mol. The van der Waals surface area contributed by atoms with Crippen molar-refractivity contribution in [3.63, 3.8) is 0 Å². The van der Waals surface area contributed by atoms with Gasteiger partial charge in [-0.1, -0.05) is 18.2 Å². The van der Waals surface area contributed by atoms with E-state index >= 15 is 0 Å². The van der Waals surface area contributed by atoms with Gasteiger partial charge >= 0.3 is 11.8 Å². The van der Waals surface area contributed by atoms with Crippen molar-refractivity contribution in [2.45, 2.75) is 12.8 Å². The molecule has 84 valence electrons. The quantitative estimate of drug-likeness (QED) is 0.721. The third-order valence-electron chi connectivity index (χ3n) is 2.62. The average molecular weight is 218 g/mol. The molecule has 1 aliphatic heterocycles. The van der Waals surface area contributed by atoms with Gasteiger partial charge in [-0.05, 0) is 25.0 Å². The number of rotatable bonds is 1. The Labute approximate surface area is 94.2 Å². The molecule has 0 saturated carbocycles. The van der Waals surface area contributed by atoms with E-state index in [0.717, 1.165) is 12.8 Å². The Morgan fingerprint density at radius 2 is 1.69 bits per heavy atom. The van der Waals surface area contributed by atoms with Crippen LogP contribution in [0.25, 0.3) is 0 Å². The highest BCUT2D eigenvalue weighted by Crippen LogP contribution is 2.09. The lowest BCUT2D eigenvalue weighted by Gasteiger charge is -2.14. The molecule has 2 rings (SSSR count). The Balaban J connectivity index is 1.95. The fraction of sp³-hybridized carbons (Fsp3) is 0.333. The van der Waals surface area contributed by atoms with Gasteiger partial charge in [0.1, 0.15) is 0 Å². The zero-order chi connectivity index (χ0) is 11.4. The van der Waals surface area contributed by atoms with Crippen LogP contribution in [0.15, 0.2) is 30.3 Å². The molecule has 16 heavy (non-hydrogen) atoms. The van der Waals surface area contributed by atoms with E-state index in [1.807, 2.05) is 18.2 Å². The van der Waals surface area contributed by atoms with Crippen LogP contribution >= 0.6 is 0 Å². The molecule has 1 aromatic carbocycles. The van der Waals surface area contributed by atoms with Crippen LogP contribution in [0.5, 0.6) is 0 Å². The Morgan fingerprint density at radius 1 is 1.06 bits per heavy atom. The van der Waals surface area contributed by atoms with Crippen LogP contribution in [0.1, 0.15) is 12.8 Å². The fourth-order valence-corrected chi connectivity index (χ4v) is 1.77. The molecular formula is C12H14N2O2. The number of hydrogen-bond donors (Lipinski definition) is 1. The van der Waals surface area contributed by atoms with Crippen LogP contribution < -0.4 is 5.32 Å². The first-order valence-corrected chi connectivity index (χ1v) is 5.42. The van der Waals surface area contributed by atoms with Crippen LogP contribution in [0.4, 0.5) is 5.69 Å². The minimum Gasteiger partial charge on any atom is -0.334 e. The topological polar surface area (TPSA) is 49.4 Å². The molecule has 1 aliphatic rings. The summed E-state index contributed by atoms with van der Waals surface area (Å²) in [6, 6.07) is 9.01. The second-order valence-corrected chi connectivity index (χ2v) is 3.82. The van der Waals surface area contributed by atoms with Crippen LogP contribution in [-0.2, 0) is 9.59 Å². The average Bonchev–Trinajstić information content (AvgIpc) is 2.83. The third-order valence-corrected chi connectivity index (χ3v) is 2.62. The molecule has 0 radical (unpaired) electrons. The van der Waals surface area contributed by atoms with Gasteiger partial charge in [-0.2, -0.15) is 0 Å². The number of nitrogens with zero attached hydrogens (tertiary/aromatic N) is 1. The Bertz CT molecular complexity index is 383. The van der Waals surface area contributed by atoms with Crippen molar-refractivity contribution in [3.8, 4) is 0 Å². The van der Waals surface area contributed by atoms with Crippen molar-refractivity contribution in [1.82, 2.24) is 4.90 Å². The number of benzene rings is 1. The van der Waals surface area contributed by atoms with Crippen molar-refractivity contribution < 1.29 is 9.59 Å². The molecule has 0 aliphatic carbocycles. The highest BCUT2D eigenvalue weighted by molar-refractivity contribution is 6.39. The van der Waals surface area contributed by atoms with Crippen LogP contribution in [-0.4, -0.2) is 29.8 Å². The number of amides is 2. The number of nitrogens with one attached hydrogen (secondary N) is 1. The number of carbonyl (C=O) groups is 2. The van der Waals surface area contributed by atoms with E-state index in [4.69, 9.17) is 0 Å². The van der Waals surface area contributed by atoms with E-state index in [-0.39, 0.29) is 0 Å². The van der Waals surface area contributed by atoms with E-state index < -0.39 is 11.8 Å². The minimum atomic E-state index is -0.548. The number of hydrogen-bond acceptors (Lipinski definition) is 2. The van der Waals surface area contributed by atoms with Gasteiger partial charge in [0.15, 0.2) is 0 Å². The zero-order valence-corrected chi connectivity index (χ0v) is 8.98. The standard InChI is InChI=1S/C12H14N2O2/c15-11(12(16)14-8-4-5-9-14)13-10-6-2-1-3-7-10/h1-3,6-7H,4-5,8-9H2,(H,13,15). The Morgan fingerprint density at radius 3 is 2.31 bits per heavy atom. The maximum Gasteiger partial charge on any atom is 0.313 e. The number of para-hydroxylation sites is 1. The molecule has 1 fully saturated rings. The lowest BCUT2D eigenvalue weighted by Crippen LogP contribution is -2.37. The lowest BCUT2D eigenvalue weighted by atomic mass is 10.3. The molecule has 1 N–H and O–H groups in total. The van der Waals surface area contributed by atoms with E-state index in [2.05, 4.69) is 5.32 Å². The molecule has 1 aromatic rings. The summed E-state index contributed by atoms with van der Waals surface area (Å²) in [7, 11) is 0. The smallest absolute Gasteiger partial charge is 0.313 e. The lowest BCUT2D eigenvalue weighted by molar-refractivity contribution is -0.142. The number of anilines is 1. The molecule has 4 heteroatoms. The molecule has 2 amide bonds. The van der Waals surface area contributed by atoms with Gasteiger partial charge in [0.05, 0.1) is 0 Å². The van der Waals surface area contributed by atoms with Gasteiger partial charge in [0.25, 0.3) is 0 Å². The van der Waals surface area contributed by atoms with Crippen molar-refractivity contribution in [3.05, 3.63) is 30.3 Å². The first-order valence-electron chi connectivity index (χ1n) is 5.42. The Kier molecular flexibility index (Phi) is 3.19. The van der Waals surface area contributed by atoms with Crippen LogP contribution in [0.2, 0.25) is 0 Å². The van der Waals surface area contributed by atoms with E-state index in [1.54, 1.807) is 17.0 Å². The molecule has 0 bridgehead atoms. The highest BCUT2D eigenvalue weighted by atomic mass is 16.2. The monoisotopic (exact) mass is 218 g/mol. The van der Waals surface area contributed by atoms with Gasteiger partial charge in [0.2, 0.25) is 0 Å². The molecule has 0 atom stereocenters. The second kappa shape index (κ2) is 4.79. The summed E-state index contributed by atoms with van der Waals surface area (Å²) in [6.07, 6.45) is 1.98. The van der Waals surface area contributed by atoms with Crippen molar-refractivity contribution >= 4 is 17.5 Å². The summed E-state index contributed by atoms with van der Waals surface area (Å²) in [5.74, 6) is -0.977. The van der Waals surface area contributed by atoms with Gasteiger partial charge in [-0.25, -0.2) is 0 Å². The molecular weight excluding hydrogens is 204 g/mol. The molecule has 0 unspecified atom stereocenters. The molecule has 1 saturated heterocycles. The normalized spacial score (nSPS) is 14.9. The predicted octanol–water partition coefficient (Wildman–Crippen LogP) is 1.25. The maximum absolute atomic E-state index is 11.7. The Hall–Kier alpha value is -1.84. The van der Waals surface area contributed by atoms with Gasteiger partial charge in [-0.15, -0.1) is 0 Å². The highest BCUT2D eigenvalue weighted by Gasteiger charge is 2.24. The SMILES string of the molecule is O=C(Nc1ccccc1)C(=O)N1CCCC1. The molecule has 1 heterocycles. The van der Waals surface area contributed by atoms with Gasteiger partial charge < -0.3 is 10.2 Å². The summed E-state index contributed by atoms with van der Waals surface area (Å²) in [6.45, 7) is 1.39. The van der Waals surface area contributed by atoms with E-state index in [9.17, 15) is 9.59 Å². The maximum atomic E-state index is 11.7. The number of likely N-dealkylation sites (tertiary alicyclic amines) is 1. The van der Waals surface area contributed by atoms with Crippen molar-refractivity contribution in [2.24, 2.45) is 0 Å². The van der Waals surface area contributed by atoms with E-state index in [0.29, 0.717) is 18.8 Å². The van der Waals surface area contributed by atoms with Crippen LogP contribution in [0.3, 0.4) is 0 Å². The van der Waals surface area contributed by atoms with Crippen molar-refractivity contribution in [1.29, 1.82) is 0 Å². The first-order chi connectivity index (χ1) is 7.77. The van der Waals surface area contributed by atoms with E-state index in [1.165, 1.54) is 0 Å². The van der Waals surface area contributed by atoms with Crippen molar-refractivity contribution in [2.75, 3.05) is 18.4 Å². The summed E-state index contributed by atoms with van der Waals surface area (Å²) in [5, 5.41) is 2.59. The molecule has 0 aromatic heterocycles. The second-order valence-electron chi connectivity index (χ2n) is 3.82. The molecule has 4 nitrogen and oxygen atoms in total. The summed E-state index contributed by atoms with van der Waals surface area (Å²) < 4.78 is 0. The first kappa shape index (κ1) is 10.7. The number of carbonyl (C=O) groups excluding carboxylic acids is 2. The summed E-state index contributed by atoms with van der Waals surface area (Å²) in [4.78, 5) is 24.9. The van der Waals surface area contributed by atoms with Crippen LogP contribution in [0, 0.1) is 0 Å². The summed E-state index contributed by atoms with van der Waals surface area (Å²) in [5.41, 5.74) is 0.653. The third kappa shape index (κ3) is 2.39. The fourth-order valence-electron chi connectivity index (χ4n) is 1.77. The largest absolute Gasteiger partial charge is 0.334 e. The minimum absolute atomic E-state index is 0.429. The zero-order valence-electron chi connectivity index (χ0n) is 8.98.